The van der Waals surface area contributed by atoms with Gasteiger partial charge in [-0.1, -0.05) is 48.0 Å². The monoisotopic (exact) mass is 795 g/mol. The lowest BCUT2D eigenvalue weighted by atomic mass is 9.98. The van der Waals surface area contributed by atoms with E-state index in [0.29, 0.717) is 5.56 Å². The molecule has 0 saturated carbocycles. The molecule has 0 aromatic heterocycles. The Bertz CT molecular complexity index is 1980. The molecule has 1 heterocycles. The molecule has 0 bridgehead atoms. The van der Waals surface area contributed by atoms with Gasteiger partial charge in [0, 0.05) is 76.3 Å². The van der Waals surface area contributed by atoms with E-state index in [-0.39, 0.29) is 11.9 Å². The standard InChI is InChI=1S/C43H50ClN7O2S2/c1-49(2)22-21-36(30-54-38-7-5-4-6-8-38)46-41-20-18-39(28-42(41)47-53-3)55-48-43(52)32-11-16-37(17-12-32)51-25-23-50(24-26-51)29-33-27-35(45)15-19-40(33)31-9-13-34(44)14-10-31/h4-20,27-28,36,46-47H,21-26,29-30,45H2,1-3H3,(H,48,52). The van der Waals surface area contributed by atoms with Gasteiger partial charge in [-0.3, -0.25) is 24.7 Å². The van der Waals surface area contributed by atoms with Crippen molar-refractivity contribution in [3.05, 3.63) is 131 Å². The molecule has 1 atom stereocenters. The summed E-state index contributed by atoms with van der Waals surface area (Å²) in [5, 5.41) is 4.46. The van der Waals surface area contributed by atoms with E-state index in [2.05, 4.69) is 92.8 Å². The number of amides is 1. The minimum Gasteiger partial charge on any atom is -0.399 e. The minimum atomic E-state index is -0.148. The Balaban J connectivity index is 1.01. The number of carbonyl (C=O) groups is 1. The van der Waals surface area contributed by atoms with E-state index in [1.54, 1.807) is 7.11 Å². The summed E-state index contributed by atoms with van der Waals surface area (Å²) in [6, 6.07) is 38.7. The molecule has 1 aliphatic heterocycles. The average Bonchev–Trinajstić information content (AvgIpc) is 3.20. The van der Waals surface area contributed by atoms with Crippen LogP contribution < -0.4 is 26.2 Å². The molecule has 55 heavy (non-hydrogen) atoms. The van der Waals surface area contributed by atoms with Crippen LogP contribution in [0.2, 0.25) is 5.02 Å². The zero-order valence-corrected chi connectivity index (χ0v) is 34.0. The smallest absolute Gasteiger partial charge is 0.261 e. The van der Waals surface area contributed by atoms with Crippen molar-refractivity contribution in [3.8, 4) is 11.1 Å². The summed E-state index contributed by atoms with van der Waals surface area (Å²) in [5.74, 6) is 0.771. The topological polar surface area (TPSA) is 98.1 Å². The van der Waals surface area contributed by atoms with Crippen LogP contribution in [0.25, 0.3) is 11.1 Å². The molecule has 5 N–H and O–H groups in total. The first kappa shape index (κ1) is 40.3. The van der Waals surface area contributed by atoms with Crippen LogP contribution in [0.3, 0.4) is 0 Å². The molecule has 288 valence electrons. The molecule has 1 unspecified atom stereocenters. The number of piperazine rings is 1. The van der Waals surface area contributed by atoms with E-state index in [4.69, 9.17) is 22.2 Å². The van der Waals surface area contributed by atoms with Crippen LogP contribution in [-0.2, 0) is 11.4 Å². The van der Waals surface area contributed by atoms with E-state index in [0.717, 1.165) is 89.7 Å². The molecular formula is C43H50ClN7O2S2. The maximum absolute atomic E-state index is 13.2. The number of benzene rings is 5. The first-order valence-electron chi connectivity index (χ1n) is 18.4. The number of thioether (sulfide) groups is 1. The zero-order valence-electron chi connectivity index (χ0n) is 31.6. The lowest BCUT2D eigenvalue weighted by Gasteiger charge is -2.36. The van der Waals surface area contributed by atoms with Gasteiger partial charge in [0.05, 0.1) is 18.5 Å². The van der Waals surface area contributed by atoms with Crippen LogP contribution in [-0.4, -0.2) is 81.4 Å². The Morgan fingerprint density at radius 2 is 1.62 bits per heavy atom. The van der Waals surface area contributed by atoms with Crippen LogP contribution in [0.15, 0.2) is 125 Å². The molecule has 1 amide bonds. The molecule has 1 saturated heterocycles. The van der Waals surface area contributed by atoms with Crippen LogP contribution in [0.1, 0.15) is 22.3 Å². The predicted molar refractivity (Wildman–Crippen MR) is 233 cm³/mol. The minimum absolute atomic E-state index is 0.148. The normalized spacial score (nSPS) is 13.8. The Kier molecular flexibility index (Phi) is 14.7. The number of carbonyl (C=O) groups excluding carboxylic acids is 1. The first-order chi connectivity index (χ1) is 26.7. The molecule has 9 nitrogen and oxygen atoms in total. The fourth-order valence-corrected chi connectivity index (χ4v) is 8.26. The summed E-state index contributed by atoms with van der Waals surface area (Å²) in [6.07, 6.45) is 0.984. The third kappa shape index (κ3) is 11.8. The van der Waals surface area contributed by atoms with Crippen molar-refractivity contribution in [2.75, 3.05) is 81.1 Å². The van der Waals surface area contributed by atoms with Gasteiger partial charge in [-0.05, 0) is 135 Å². The van der Waals surface area contributed by atoms with Gasteiger partial charge in [-0.25, -0.2) is 0 Å². The fourth-order valence-electron chi connectivity index (χ4n) is 6.50. The van der Waals surface area contributed by atoms with Crippen molar-refractivity contribution < 1.29 is 9.63 Å². The predicted octanol–water partition coefficient (Wildman–Crippen LogP) is 8.85. The van der Waals surface area contributed by atoms with Crippen molar-refractivity contribution in [1.82, 2.24) is 14.5 Å². The molecule has 5 aromatic rings. The van der Waals surface area contributed by atoms with Gasteiger partial charge < -0.3 is 20.9 Å². The van der Waals surface area contributed by atoms with Crippen molar-refractivity contribution in [1.29, 1.82) is 0 Å². The Morgan fingerprint density at radius 1 is 0.873 bits per heavy atom. The second kappa shape index (κ2) is 20.0. The van der Waals surface area contributed by atoms with Crippen LogP contribution in [0.5, 0.6) is 0 Å². The second-order valence-corrected chi connectivity index (χ2v) is 16.2. The number of halogens is 1. The van der Waals surface area contributed by atoms with E-state index in [1.807, 2.05) is 78.5 Å². The lowest BCUT2D eigenvalue weighted by Crippen LogP contribution is -2.46. The fraction of sp³-hybridized carbons (Fsp3) is 0.279. The molecular weight excluding hydrogens is 746 g/mol. The molecule has 5 aromatic carbocycles. The summed E-state index contributed by atoms with van der Waals surface area (Å²) in [4.78, 5) is 27.7. The first-order valence-corrected chi connectivity index (χ1v) is 20.6. The quantitative estimate of drug-likeness (QED) is 0.0317. The highest BCUT2D eigenvalue weighted by atomic mass is 35.5. The third-order valence-electron chi connectivity index (χ3n) is 9.49. The Morgan fingerprint density at radius 3 is 2.33 bits per heavy atom. The van der Waals surface area contributed by atoms with Crippen LogP contribution >= 0.6 is 35.3 Å². The largest absolute Gasteiger partial charge is 0.399 e. The zero-order chi connectivity index (χ0) is 38.6. The van der Waals surface area contributed by atoms with E-state index >= 15 is 0 Å². The Hall–Kier alpha value is -4.36. The van der Waals surface area contributed by atoms with Crippen LogP contribution in [0, 0.1) is 0 Å². The summed E-state index contributed by atoms with van der Waals surface area (Å²) < 4.78 is 3.01. The lowest BCUT2D eigenvalue weighted by molar-refractivity contribution is 0.0984. The molecule has 12 heteroatoms. The highest BCUT2D eigenvalue weighted by molar-refractivity contribution is 7.99. The number of nitrogens with one attached hydrogen (secondary N) is 3. The molecule has 0 aliphatic carbocycles. The van der Waals surface area contributed by atoms with Crippen molar-refractivity contribution >= 4 is 64.0 Å². The maximum Gasteiger partial charge on any atom is 0.261 e. The number of hydrogen-bond acceptors (Lipinski definition) is 10. The third-order valence-corrected chi connectivity index (χ3v) is 11.7. The van der Waals surface area contributed by atoms with Gasteiger partial charge in [0.2, 0.25) is 0 Å². The molecule has 0 spiro atoms. The average molecular weight is 797 g/mol. The summed E-state index contributed by atoms with van der Waals surface area (Å²) in [5.41, 5.74) is 17.0. The number of nitrogens with two attached hydrogens (primary N) is 1. The molecule has 1 fully saturated rings. The van der Waals surface area contributed by atoms with E-state index in [9.17, 15) is 4.79 Å². The number of hydrogen-bond donors (Lipinski definition) is 4. The van der Waals surface area contributed by atoms with Gasteiger partial charge in [0.15, 0.2) is 0 Å². The van der Waals surface area contributed by atoms with Crippen LogP contribution in [0.4, 0.5) is 22.7 Å². The SMILES string of the molecule is CONc1cc(SNC(=O)c2ccc(N3CCN(Cc4cc(N)ccc4-c4ccc(Cl)cc4)CC3)cc2)ccc1NC(CCN(C)C)CSc1ccccc1. The highest BCUT2D eigenvalue weighted by Gasteiger charge is 2.20. The van der Waals surface area contributed by atoms with Crippen molar-refractivity contribution in [3.63, 3.8) is 0 Å². The summed E-state index contributed by atoms with van der Waals surface area (Å²) in [6.45, 7) is 5.42. The summed E-state index contributed by atoms with van der Waals surface area (Å²) >= 11 is 9.27. The number of nitrogens with zero attached hydrogens (tertiary/aromatic N) is 3. The van der Waals surface area contributed by atoms with Gasteiger partial charge in [0.1, 0.15) is 0 Å². The molecule has 1 aliphatic rings. The number of rotatable bonds is 17. The van der Waals surface area contributed by atoms with Gasteiger partial charge in [-0.15, -0.1) is 11.8 Å². The molecule has 0 radical (unpaired) electrons. The maximum atomic E-state index is 13.2. The number of nitrogen functional groups attached to an aromatic ring is 1. The van der Waals surface area contributed by atoms with Crippen molar-refractivity contribution in [2.45, 2.75) is 28.8 Å². The summed E-state index contributed by atoms with van der Waals surface area (Å²) in [7, 11) is 5.80. The molecule has 6 rings (SSSR count). The van der Waals surface area contributed by atoms with E-state index in [1.165, 1.54) is 28.0 Å². The van der Waals surface area contributed by atoms with Gasteiger partial charge in [0.25, 0.3) is 5.91 Å². The van der Waals surface area contributed by atoms with Gasteiger partial charge >= 0.3 is 0 Å². The Labute approximate surface area is 339 Å². The highest BCUT2D eigenvalue weighted by Crippen LogP contribution is 2.31. The number of anilines is 4. The van der Waals surface area contributed by atoms with Gasteiger partial charge in [-0.2, -0.15) is 0 Å². The van der Waals surface area contributed by atoms with E-state index < -0.39 is 0 Å². The second-order valence-electron chi connectivity index (χ2n) is 13.8. The van der Waals surface area contributed by atoms with Crippen molar-refractivity contribution in [2.24, 2.45) is 0 Å².